The van der Waals surface area contributed by atoms with Crippen LogP contribution in [0.2, 0.25) is 0 Å². The van der Waals surface area contributed by atoms with Crippen molar-refractivity contribution in [2.24, 2.45) is 0 Å². The van der Waals surface area contributed by atoms with E-state index >= 15 is 0 Å². The maximum absolute atomic E-state index is 11.8. The molecule has 0 aliphatic carbocycles. The van der Waals surface area contributed by atoms with Crippen LogP contribution in [0.15, 0.2) is 12.7 Å². The lowest BCUT2D eigenvalue weighted by atomic mass is 10.1. The summed E-state index contributed by atoms with van der Waals surface area (Å²) in [7, 11) is 0. The second-order valence-electron chi connectivity index (χ2n) is 4.46. The molecule has 0 aromatic heterocycles. The summed E-state index contributed by atoms with van der Waals surface area (Å²) in [5.41, 5.74) is -0.495. The maximum Gasteiger partial charge on any atom is 0.323 e. The van der Waals surface area contributed by atoms with E-state index in [1.54, 1.807) is 26.8 Å². The lowest BCUT2D eigenvalue weighted by Crippen LogP contribution is -2.51. The van der Waals surface area contributed by atoms with Crippen LogP contribution in [-0.2, 0) is 9.59 Å². The number of carbonyl (C=O) groups excluding carboxylic acids is 1. The Morgan fingerprint density at radius 1 is 1.44 bits per heavy atom. The zero-order valence-electron chi connectivity index (χ0n) is 10.1. The fraction of sp³-hybridized carbons (Fsp3) is 0.636. The zero-order valence-corrected chi connectivity index (χ0v) is 10.1. The quantitative estimate of drug-likeness (QED) is 0.512. The van der Waals surface area contributed by atoms with Gasteiger partial charge in [-0.25, -0.2) is 0 Å². The Kier molecular flexibility index (Phi) is 5.74. The third-order valence-corrected chi connectivity index (χ3v) is 1.97. The third kappa shape index (κ3) is 5.50. The molecule has 0 aromatic carbocycles. The highest BCUT2D eigenvalue weighted by Gasteiger charge is 2.27. The Morgan fingerprint density at radius 2 is 2.00 bits per heavy atom. The summed E-state index contributed by atoms with van der Waals surface area (Å²) in [6, 6.07) is 0. The number of aliphatic carboxylic acids is 1. The summed E-state index contributed by atoms with van der Waals surface area (Å²) in [6.45, 7) is 9.31. The molecule has 0 saturated heterocycles. The van der Waals surface area contributed by atoms with Gasteiger partial charge in [-0.1, -0.05) is 6.08 Å². The van der Waals surface area contributed by atoms with Gasteiger partial charge in [0.05, 0.1) is 6.54 Å². The molecule has 2 N–H and O–H groups in total. The molecule has 0 bridgehead atoms. The van der Waals surface area contributed by atoms with E-state index in [0.29, 0.717) is 6.54 Å². The Morgan fingerprint density at radius 3 is 2.38 bits per heavy atom. The monoisotopic (exact) mass is 228 g/mol. The van der Waals surface area contributed by atoms with Gasteiger partial charge in [0.2, 0.25) is 5.91 Å². The van der Waals surface area contributed by atoms with E-state index in [1.165, 1.54) is 4.90 Å². The van der Waals surface area contributed by atoms with Crippen molar-refractivity contribution in [2.75, 3.05) is 19.6 Å². The second kappa shape index (κ2) is 6.27. The van der Waals surface area contributed by atoms with Gasteiger partial charge >= 0.3 is 5.97 Å². The molecule has 5 heteroatoms. The molecule has 0 spiro atoms. The summed E-state index contributed by atoms with van der Waals surface area (Å²) in [6.07, 6.45) is 1.64. The number of nitrogens with one attached hydrogen (secondary N) is 1. The summed E-state index contributed by atoms with van der Waals surface area (Å²) < 4.78 is 0. The Labute approximate surface area is 96.1 Å². The minimum atomic E-state index is -1.01. The van der Waals surface area contributed by atoms with Crippen LogP contribution in [-0.4, -0.2) is 47.1 Å². The molecule has 16 heavy (non-hydrogen) atoms. The molecule has 0 radical (unpaired) electrons. The van der Waals surface area contributed by atoms with Gasteiger partial charge in [0.1, 0.15) is 6.54 Å². The fourth-order valence-corrected chi connectivity index (χ4v) is 1.21. The number of rotatable bonds is 6. The Hall–Kier alpha value is -1.36. The van der Waals surface area contributed by atoms with E-state index in [2.05, 4.69) is 11.9 Å². The van der Waals surface area contributed by atoms with Crippen LogP contribution in [0.5, 0.6) is 0 Å². The highest BCUT2D eigenvalue weighted by atomic mass is 16.4. The van der Waals surface area contributed by atoms with Crippen molar-refractivity contribution in [3.8, 4) is 0 Å². The van der Waals surface area contributed by atoms with Gasteiger partial charge in [0, 0.05) is 12.1 Å². The maximum atomic E-state index is 11.8. The summed E-state index contributed by atoms with van der Waals surface area (Å²) in [5, 5.41) is 11.6. The van der Waals surface area contributed by atoms with Crippen LogP contribution >= 0.6 is 0 Å². The first-order valence-corrected chi connectivity index (χ1v) is 5.13. The molecule has 0 heterocycles. The molecular weight excluding hydrogens is 208 g/mol. The highest BCUT2D eigenvalue weighted by molar-refractivity contribution is 5.83. The van der Waals surface area contributed by atoms with Crippen molar-refractivity contribution in [1.82, 2.24) is 10.2 Å². The van der Waals surface area contributed by atoms with Crippen LogP contribution in [0.3, 0.4) is 0 Å². The Bertz CT molecular complexity index is 269. The minimum absolute atomic E-state index is 0.122. The van der Waals surface area contributed by atoms with Gasteiger partial charge in [-0.2, -0.15) is 0 Å². The lowest BCUT2D eigenvalue weighted by Gasteiger charge is -2.34. The second-order valence-corrected chi connectivity index (χ2v) is 4.46. The molecule has 1 amide bonds. The standard InChI is InChI=1S/C11H20N2O3/c1-5-6-12-7-9(14)13(8-10(15)16)11(2,3)4/h5,12H,1,6-8H2,2-4H3,(H,15,16). The number of amides is 1. The van der Waals surface area contributed by atoms with Gasteiger partial charge in [0.15, 0.2) is 0 Å². The first-order chi connectivity index (χ1) is 7.29. The van der Waals surface area contributed by atoms with Crippen LogP contribution in [0.25, 0.3) is 0 Å². The van der Waals surface area contributed by atoms with Crippen LogP contribution < -0.4 is 5.32 Å². The van der Waals surface area contributed by atoms with E-state index in [-0.39, 0.29) is 19.0 Å². The van der Waals surface area contributed by atoms with E-state index in [9.17, 15) is 9.59 Å². The Balaban J connectivity index is 4.45. The van der Waals surface area contributed by atoms with Crippen molar-refractivity contribution in [3.63, 3.8) is 0 Å². The van der Waals surface area contributed by atoms with E-state index in [0.717, 1.165) is 0 Å². The van der Waals surface area contributed by atoms with Gasteiger partial charge in [-0.3, -0.25) is 9.59 Å². The molecule has 92 valence electrons. The number of hydrogen-bond donors (Lipinski definition) is 2. The number of carbonyl (C=O) groups is 2. The molecule has 0 atom stereocenters. The van der Waals surface area contributed by atoms with Gasteiger partial charge in [-0.05, 0) is 20.8 Å². The summed E-state index contributed by atoms with van der Waals surface area (Å²) in [4.78, 5) is 23.8. The molecule has 0 unspecified atom stereocenters. The van der Waals surface area contributed by atoms with E-state index in [1.807, 2.05) is 0 Å². The first-order valence-electron chi connectivity index (χ1n) is 5.13. The highest BCUT2D eigenvalue weighted by Crippen LogP contribution is 2.12. The van der Waals surface area contributed by atoms with Crippen molar-refractivity contribution in [1.29, 1.82) is 0 Å². The zero-order chi connectivity index (χ0) is 12.8. The summed E-state index contributed by atoms with van der Waals surface area (Å²) >= 11 is 0. The molecule has 0 aliphatic heterocycles. The molecule has 0 aliphatic rings. The van der Waals surface area contributed by atoms with Gasteiger partial charge < -0.3 is 15.3 Å². The van der Waals surface area contributed by atoms with E-state index < -0.39 is 11.5 Å². The topological polar surface area (TPSA) is 69.6 Å². The minimum Gasteiger partial charge on any atom is -0.480 e. The fourth-order valence-electron chi connectivity index (χ4n) is 1.21. The number of hydrogen-bond acceptors (Lipinski definition) is 3. The first kappa shape index (κ1) is 14.6. The average molecular weight is 228 g/mol. The van der Waals surface area contributed by atoms with Crippen molar-refractivity contribution in [2.45, 2.75) is 26.3 Å². The van der Waals surface area contributed by atoms with Gasteiger partial charge in [-0.15, -0.1) is 6.58 Å². The van der Waals surface area contributed by atoms with Crippen molar-refractivity contribution in [3.05, 3.63) is 12.7 Å². The number of carboxylic acid groups (broad SMARTS) is 1. The van der Waals surface area contributed by atoms with Crippen molar-refractivity contribution < 1.29 is 14.7 Å². The van der Waals surface area contributed by atoms with Crippen LogP contribution in [0.4, 0.5) is 0 Å². The number of carboxylic acids is 1. The van der Waals surface area contributed by atoms with E-state index in [4.69, 9.17) is 5.11 Å². The lowest BCUT2D eigenvalue weighted by molar-refractivity contribution is -0.147. The van der Waals surface area contributed by atoms with Crippen LogP contribution in [0, 0.1) is 0 Å². The predicted octanol–water partition coefficient (Wildman–Crippen LogP) is 0.474. The number of nitrogens with zero attached hydrogens (tertiary/aromatic N) is 1. The molecule has 5 nitrogen and oxygen atoms in total. The molecule has 0 rings (SSSR count). The SMILES string of the molecule is C=CCNCC(=O)N(CC(=O)O)C(C)(C)C. The largest absolute Gasteiger partial charge is 0.480 e. The molecule has 0 aromatic rings. The molecular formula is C11H20N2O3. The normalized spacial score (nSPS) is 10.9. The predicted molar refractivity (Wildman–Crippen MR) is 62.2 cm³/mol. The van der Waals surface area contributed by atoms with Crippen molar-refractivity contribution >= 4 is 11.9 Å². The average Bonchev–Trinajstić information content (AvgIpc) is 2.12. The smallest absolute Gasteiger partial charge is 0.323 e. The van der Waals surface area contributed by atoms with Gasteiger partial charge in [0.25, 0.3) is 0 Å². The third-order valence-electron chi connectivity index (χ3n) is 1.97. The van der Waals surface area contributed by atoms with Crippen LogP contribution in [0.1, 0.15) is 20.8 Å². The molecule has 0 fully saturated rings. The molecule has 0 saturated carbocycles. The summed E-state index contributed by atoms with van der Waals surface area (Å²) in [5.74, 6) is -1.23.